The summed E-state index contributed by atoms with van der Waals surface area (Å²) in [5.74, 6) is -0.682. The zero-order chi connectivity index (χ0) is 13.4. The van der Waals surface area contributed by atoms with Gasteiger partial charge in [-0.2, -0.15) is 0 Å². The lowest BCUT2D eigenvalue weighted by atomic mass is 9.98. The molecule has 1 N–H and O–H groups in total. The van der Waals surface area contributed by atoms with Crippen molar-refractivity contribution >= 4 is 11.6 Å². The molecule has 0 bridgehead atoms. The van der Waals surface area contributed by atoms with Crippen LogP contribution in [0.4, 0.5) is 4.39 Å². The van der Waals surface area contributed by atoms with E-state index >= 15 is 0 Å². The summed E-state index contributed by atoms with van der Waals surface area (Å²) in [7, 11) is 0. The van der Waals surface area contributed by atoms with Crippen molar-refractivity contribution in [2.24, 2.45) is 0 Å². The fourth-order valence-corrected chi connectivity index (χ4v) is 2.21. The van der Waals surface area contributed by atoms with Crippen molar-refractivity contribution in [3.05, 3.63) is 35.5 Å². The third-order valence-electron chi connectivity index (χ3n) is 3.25. The highest BCUT2D eigenvalue weighted by molar-refractivity contribution is 5.90. The van der Waals surface area contributed by atoms with Crippen molar-refractivity contribution < 1.29 is 13.9 Å². The Kier molecular flexibility index (Phi) is 2.94. The van der Waals surface area contributed by atoms with Gasteiger partial charge < -0.3 is 10.1 Å². The molecule has 1 aliphatic heterocycles. The molecule has 5 nitrogen and oxygen atoms in total. The number of halogens is 1. The quantitative estimate of drug-likeness (QED) is 0.849. The molecule has 0 radical (unpaired) electrons. The molecule has 0 saturated carbocycles. The minimum absolute atomic E-state index is 0.183. The minimum Gasteiger partial charge on any atom is -0.461 e. The molecular weight excluding hydrogens is 249 g/mol. The van der Waals surface area contributed by atoms with Crippen LogP contribution in [0.15, 0.2) is 18.3 Å². The number of hydrogen-bond donors (Lipinski definition) is 1. The molecule has 0 aromatic carbocycles. The second kappa shape index (κ2) is 4.62. The summed E-state index contributed by atoms with van der Waals surface area (Å²) in [6.07, 6.45) is 1.27. The lowest BCUT2D eigenvalue weighted by molar-refractivity contribution is 0.0515. The number of carbonyl (C=O) groups excluding carboxylic acids is 1. The highest BCUT2D eigenvalue weighted by atomic mass is 19.1. The first-order valence-electron chi connectivity index (χ1n) is 6.26. The van der Waals surface area contributed by atoms with Gasteiger partial charge in [0.1, 0.15) is 11.5 Å². The van der Waals surface area contributed by atoms with Gasteiger partial charge in [0.25, 0.3) is 0 Å². The van der Waals surface area contributed by atoms with Crippen LogP contribution in [-0.4, -0.2) is 35.1 Å². The van der Waals surface area contributed by atoms with Crippen molar-refractivity contribution in [3.8, 4) is 0 Å². The average molecular weight is 263 g/mol. The van der Waals surface area contributed by atoms with Gasteiger partial charge in [0.05, 0.1) is 12.3 Å². The first kappa shape index (κ1) is 12.1. The number of nitrogens with zero attached hydrogens (tertiary/aromatic N) is 2. The fourth-order valence-electron chi connectivity index (χ4n) is 2.21. The Morgan fingerprint density at radius 1 is 1.58 bits per heavy atom. The molecule has 2 aromatic heterocycles. The van der Waals surface area contributed by atoms with Crippen LogP contribution in [0.25, 0.3) is 5.65 Å². The van der Waals surface area contributed by atoms with Crippen molar-refractivity contribution in [3.63, 3.8) is 0 Å². The molecule has 1 saturated heterocycles. The molecule has 0 amide bonds. The van der Waals surface area contributed by atoms with E-state index in [1.54, 1.807) is 13.0 Å². The van der Waals surface area contributed by atoms with Crippen molar-refractivity contribution in [1.29, 1.82) is 0 Å². The van der Waals surface area contributed by atoms with E-state index in [9.17, 15) is 9.18 Å². The molecule has 6 heteroatoms. The molecule has 0 aliphatic carbocycles. The van der Waals surface area contributed by atoms with Crippen LogP contribution in [0.1, 0.15) is 29.0 Å². The van der Waals surface area contributed by atoms with Gasteiger partial charge in [-0.3, -0.25) is 4.40 Å². The number of fused-ring (bicyclic) bond motifs is 1. The predicted molar refractivity (Wildman–Crippen MR) is 66.7 cm³/mol. The Balaban J connectivity index is 2.17. The number of nitrogens with one attached hydrogen (secondary N) is 1. The van der Waals surface area contributed by atoms with Gasteiger partial charge in [-0.25, -0.2) is 14.2 Å². The summed E-state index contributed by atoms with van der Waals surface area (Å²) in [6.45, 7) is 3.58. The molecular formula is C13H14FN3O2. The number of pyridine rings is 1. The standard InChI is InChI=1S/C13H14FN3O2/c1-2-19-13(18)12-11(8-5-15-6-8)16-10-4-3-9(14)7-17(10)12/h3-4,7-8,15H,2,5-6H2,1H3. The lowest BCUT2D eigenvalue weighted by Crippen LogP contribution is -2.40. The Morgan fingerprint density at radius 3 is 3.00 bits per heavy atom. The van der Waals surface area contributed by atoms with Gasteiger partial charge in [-0.15, -0.1) is 0 Å². The van der Waals surface area contributed by atoms with Crippen molar-refractivity contribution in [2.45, 2.75) is 12.8 Å². The van der Waals surface area contributed by atoms with E-state index in [2.05, 4.69) is 10.3 Å². The topological polar surface area (TPSA) is 55.6 Å². The Bertz CT molecular complexity index is 634. The molecule has 100 valence electrons. The van der Waals surface area contributed by atoms with Crippen LogP contribution >= 0.6 is 0 Å². The summed E-state index contributed by atoms with van der Waals surface area (Å²) >= 11 is 0. The number of rotatable bonds is 3. The van der Waals surface area contributed by atoms with Crippen molar-refractivity contribution in [2.75, 3.05) is 19.7 Å². The first-order chi connectivity index (χ1) is 9.20. The molecule has 19 heavy (non-hydrogen) atoms. The molecule has 0 spiro atoms. The largest absolute Gasteiger partial charge is 0.461 e. The van der Waals surface area contributed by atoms with Crippen LogP contribution in [0.5, 0.6) is 0 Å². The van der Waals surface area contributed by atoms with Gasteiger partial charge >= 0.3 is 5.97 Å². The predicted octanol–water partition coefficient (Wildman–Crippen LogP) is 1.34. The minimum atomic E-state index is -0.456. The molecule has 3 rings (SSSR count). The average Bonchev–Trinajstić information content (AvgIpc) is 2.65. The summed E-state index contributed by atoms with van der Waals surface area (Å²) in [6, 6.07) is 2.90. The highest BCUT2D eigenvalue weighted by Crippen LogP contribution is 2.25. The maximum atomic E-state index is 13.4. The van der Waals surface area contributed by atoms with Gasteiger partial charge in [0.15, 0.2) is 5.69 Å². The number of ether oxygens (including phenoxy) is 1. The molecule has 1 fully saturated rings. The molecule has 1 aliphatic rings. The molecule has 3 heterocycles. The molecule has 0 atom stereocenters. The zero-order valence-electron chi connectivity index (χ0n) is 10.5. The van der Waals surface area contributed by atoms with E-state index in [0.717, 1.165) is 13.1 Å². The third-order valence-corrected chi connectivity index (χ3v) is 3.25. The highest BCUT2D eigenvalue weighted by Gasteiger charge is 2.30. The lowest BCUT2D eigenvalue weighted by Gasteiger charge is -2.26. The van der Waals surface area contributed by atoms with Crippen LogP contribution in [0.2, 0.25) is 0 Å². The van der Waals surface area contributed by atoms with E-state index in [0.29, 0.717) is 17.0 Å². The van der Waals surface area contributed by atoms with E-state index in [-0.39, 0.29) is 12.5 Å². The number of esters is 1. The fraction of sp³-hybridized carbons (Fsp3) is 0.385. The van der Waals surface area contributed by atoms with Gasteiger partial charge in [-0.1, -0.05) is 0 Å². The number of hydrogen-bond acceptors (Lipinski definition) is 4. The van der Waals surface area contributed by atoms with Crippen LogP contribution in [0.3, 0.4) is 0 Å². The molecule has 0 unspecified atom stereocenters. The number of carbonyl (C=O) groups is 1. The van der Waals surface area contributed by atoms with Gasteiger partial charge in [0, 0.05) is 25.2 Å². The maximum absolute atomic E-state index is 13.4. The summed E-state index contributed by atoms with van der Waals surface area (Å²) < 4.78 is 19.9. The van der Waals surface area contributed by atoms with Crippen LogP contribution in [-0.2, 0) is 4.74 Å². The van der Waals surface area contributed by atoms with Crippen LogP contribution in [0, 0.1) is 5.82 Å². The molecule has 2 aromatic rings. The summed E-state index contributed by atoms with van der Waals surface area (Å²) in [5.41, 5.74) is 1.58. The van der Waals surface area contributed by atoms with Gasteiger partial charge in [-0.05, 0) is 19.1 Å². The normalized spacial score (nSPS) is 15.5. The smallest absolute Gasteiger partial charge is 0.357 e. The van der Waals surface area contributed by atoms with E-state index < -0.39 is 11.8 Å². The number of aromatic nitrogens is 2. The second-order valence-corrected chi connectivity index (χ2v) is 4.50. The zero-order valence-corrected chi connectivity index (χ0v) is 10.5. The van der Waals surface area contributed by atoms with Crippen molar-refractivity contribution in [1.82, 2.24) is 14.7 Å². The number of imidazole rings is 1. The van der Waals surface area contributed by atoms with E-state index in [1.807, 2.05) is 0 Å². The van der Waals surface area contributed by atoms with E-state index in [4.69, 9.17) is 4.74 Å². The Labute approximate surface area is 109 Å². The summed E-state index contributed by atoms with van der Waals surface area (Å²) in [4.78, 5) is 16.5. The second-order valence-electron chi connectivity index (χ2n) is 4.50. The third kappa shape index (κ3) is 1.98. The first-order valence-corrected chi connectivity index (χ1v) is 6.26. The van der Waals surface area contributed by atoms with E-state index in [1.165, 1.54) is 16.7 Å². The SMILES string of the molecule is CCOC(=O)c1c(C2CNC2)nc2ccc(F)cn12. The Morgan fingerprint density at radius 2 is 2.37 bits per heavy atom. The monoisotopic (exact) mass is 263 g/mol. The Hall–Kier alpha value is -1.95. The van der Waals surface area contributed by atoms with Crippen LogP contribution < -0.4 is 5.32 Å². The van der Waals surface area contributed by atoms with Gasteiger partial charge in [0.2, 0.25) is 0 Å². The maximum Gasteiger partial charge on any atom is 0.357 e. The summed E-state index contributed by atoms with van der Waals surface area (Å²) in [5, 5.41) is 3.14.